The molecular formula is C21H17N3O4. The second kappa shape index (κ2) is 7.40. The van der Waals surface area contributed by atoms with Crippen molar-refractivity contribution in [1.29, 1.82) is 0 Å². The number of fused-ring (bicyclic) bond motifs is 1. The van der Waals surface area contributed by atoms with Crippen molar-refractivity contribution in [2.45, 2.75) is 0 Å². The Balaban J connectivity index is 1.60. The SMILES string of the molecule is COc1cc(OC)cc(C(=O)Nc2ccc3oc(-c4ccncc4)nc3c2)c1. The molecule has 0 saturated heterocycles. The Labute approximate surface area is 160 Å². The Hall–Kier alpha value is -3.87. The van der Waals surface area contributed by atoms with Crippen molar-refractivity contribution in [3.8, 4) is 23.0 Å². The number of methoxy groups -OCH3 is 2. The van der Waals surface area contributed by atoms with Gasteiger partial charge in [-0.2, -0.15) is 0 Å². The van der Waals surface area contributed by atoms with E-state index in [2.05, 4.69) is 15.3 Å². The fourth-order valence-corrected chi connectivity index (χ4v) is 2.76. The first-order valence-corrected chi connectivity index (χ1v) is 8.51. The van der Waals surface area contributed by atoms with Crippen molar-refractivity contribution < 1.29 is 18.7 Å². The summed E-state index contributed by atoms with van der Waals surface area (Å²) >= 11 is 0. The van der Waals surface area contributed by atoms with Gasteiger partial charge in [0.2, 0.25) is 5.89 Å². The lowest BCUT2D eigenvalue weighted by Gasteiger charge is -2.09. The van der Waals surface area contributed by atoms with Crippen molar-refractivity contribution in [2.24, 2.45) is 0 Å². The Kier molecular flexibility index (Phi) is 4.63. The molecule has 4 rings (SSSR count). The predicted molar refractivity (Wildman–Crippen MR) is 105 cm³/mol. The molecule has 0 spiro atoms. The lowest BCUT2D eigenvalue weighted by Crippen LogP contribution is -2.12. The van der Waals surface area contributed by atoms with Crippen molar-refractivity contribution in [2.75, 3.05) is 19.5 Å². The summed E-state index contributed by atoms with van der Waals surface area (Å²) in [7, 11) is 3.07. The van der Waals surface area contributed by atoms with Crippen LogP contribution in [-0.4, -0.2) is 30.1 Å². The molecule has 1 N–H and O–H groups in total. The summed E-state index contributed by atoms with van der Waals surface area (Å²) in [5.41, 5.74) is 3.14. The van der Waals surface area contributed by atoms with E-state index in [0.29, 0.717) is 39.7 Å². The minimum absolute atomic E-state index is 0.283. The van der Waals surface area contributed by atoms with Gasteiger partial charge < -0.3 is 19.2 Å². The van der Waals surface area contributed by atoms with E-state index in [1.54, 1.807) is 48.8 Å². The Morgan fingerprint density at radius 2 is 1.68 bits per heavy atom. The van der Waals surface area contributed by atoms with Gasteiger partial charge in [-0.3, -0.25) is 9.78 Å². The van der Waals surface area contributed by atoms with Crippen LogP contribution in [0.5, 0.6) is 11.5 Å². The van der Waals surface area contributed by atoms with Crippen LogP contribution >= 0.6 is 0 Å². The number of pyridine rings is 1. The highest BCUT2D eigenvalue weighted by Crippen LogP contribution is 2.27. The minimum Gasteiger partial charge on any atom is -0.497 e. The van der Waals surface area contributed by atoms with Crippen LogP contribution in [0.15, 0.2) is 65.3 Å². The molecule has 7 heteroatoms. The summed E-state index contributed by atoms with van der Waals surface area (Å²) in [6.07, 6.45) is 3.36. The van der Waals surface area contributed by atoms with Gasteiger partial charge in [-0.1, -0.05) is 0 Å². The van der Waals surface area contributed by atoms with Crippen LogP contribution in [0, 0.1) is 0 Å². The summed E-state index contributed by atoms with van der Waals surface area (Å²) in [6.45, 7) is 0. The standard InChI is InChI=1S/C21H17N3O4/c1-26-16-9-14(10-17(12-16)27-2)20(25)23-15-3-4-19-18(11-15)24-21(28-19)13-5-7-22-8-6-13/h3-12H,1-2H3,(H,23,25). The van der Waals surface area contributed by atoms with Crippen molar-refractivity contribution >= 4 is 22.7 Å². The molecule has 0 aliphatic heterocycles. The van der Waals surface area contributed by atoms with E-state index >= 15 is 0 Å². The number of rotatable bonds is 5. The quantitative estimate of drug-likeness (QED) is 0.564. The molecule has 0 aliphatic carbocycles. The molecule has 0 saturated carbocycles. The van der Waals surface area contributed by atoms with Crippen molar-refractivity contribution in [1.82, 2.24) is 9.97 Å². The highest BCUT2D eigenvalue weighted by Gasteiger charge is 2.13. The number of amides is 1. The van der Waals surface area contributed by atoms with Gasteiger partial charge in [-0.05, 0) is 42.5 Å². The number of nitrogens with zero attached hydrogens (tertiary/aromatic N) is 2. The van der Waals surface area contributed by atoms with Gasteiger partial charge in [0.15, 0.2) is 5.58 Å². The maximum absolute atomic E-state index is 12.6. The highest BCUT2D eigenvalue weighted by molar-refractivity contribution is 6.05. The van der Waals surface area contributed by atoms with Crippen molar-refractivity contribution in [3.63, 3.8) is 0 Å². The lowest BCUT2D eigenvalue weighted by molar-refractivity contribution is 0.102. The van der Waals surface area contributed by atoms with Crippen LogP contribution in [0.1, 0.15) is 10.4 Å². The number of carbonyl (C=O) groups is 1. The van der Waals surface area contributed by atoms with Crippen LogP contribution < -0.4 is 14.8 Å². The summed E-state index contributed by atoms with van der Waals surface area (Å²) in [6, 6.07) is 13.9. The smallest absolute Gasteiger partial charge is 0.255 e. The average Bonchev–Trinajstić information content (AvgIpc) is 3.17. The molecule has 140 valence electrons. The monoisotopic (exact) mass is 375 g/mol. The maximum Gasteiger partial charge on any atom is 0.255 e. The van der Waals surface area contributed by atoms with Crippen LogP contribution in [0.2, 0.25) is 0 Å². The first-order chi connectivity index (χ1) is 13.7. The fourth-order valence-electron chi connectivity index (χ4n) is 2.76. The van der Waals surface area contributed by atoms with Gasteiger partial charge in [0.1, 0.15) is 17.0 Å². The molecule has 28 heavy (non-hydrogen) atoms. The maximum atomic E-state index is 12.6. The molecule has 0 atom stereocenters. The molecule has 0 fully saturated rings. The topological polar surface area (TPSA) is 86.5 Å². The molecule has 0 radical (unpaired) electrons. The summed E-state index contributed by atoms with van der Waals surface area (Å²) in [5.74, 6) is 1.30. The molecule has 2 heterocycles. The van der Waals surface area contributed by atoms with E-state index in [1.807, 2.05) is 12.1 Å². The molecule has 0 unspecified atom stereocenters. The van der Waals surface area contributed by atoms with Crippen LogP contribution in [0.4, 0.5) is 5.69 Å². The lowest BCUT2D eigenvalue weighted by atomic mass is 10.1. The zero-order valence-corrected chi connectivity index (χ0v) is 15.3. The second-order valence-corrected chi connectivity index (χ2v) is 5.99. The first-order valence-electron chi connectivity index (χ1n) is 8.51. The fraction of sp³-hybridized carbons (Fsp3) is 0.0952. The molecule has 4 aromatic rings. The van der Waals surface area contributed by atoms with Gasteiger partial charge >= 0.3 is 0 Å². The molecule has 2 aromatic heterocycles. The Morgan fingerprint density at radius 1 is 0.964 bits per heavy atom. The molecule has 0 bridgehead atoms. The molecule has 7 nitrogen and oxygen atoms in total. The number of nitrogens with one attached hydrogen (secondary N) is 1. The Bertz CT molecular complexity index is 1120. The summed E-state index contributed by atoms with van der Waals surface area (Å²) < 4.78 is 16.2. The predicted octanol–water partition coefficient (Wildman–Crippen LogP) is 4.16. The third kappa shape index (κ3) is 3.50. The number of carbonyl (C=O) groups excluding carboxylic acids is 1. The average molecular weight is 375 g/mol. The van der Waals surface area contributed by atoms with Crippen LogP contribution in [0.25, 0.3) is 22.6 Å². The zero-order valence-electron chi connectivity index (χ0n) is 15.3. The second-order valence-electron chi connectivity index (χ2n) is 5.99. The molecular weight excluding hydrogens is 358 g/mol. The summed E-state index contributed by atoms with van der Waals surface area (Å²) in [4.78, 5) is 21.1. The number of ether oxygens (including phenoxy) is 2. The zero-order chi connectivity index (χ0) is 19.5. The van der Waals surface area contributed by atoms with Gasteiger partial charge in [0.05, 0.1) is 14.2 Å². The van der Waals surface area contributed by atoms with Crippen molar-refractivity contribution in [3.05, 3.63) is 66.5 Å². The number of benzene rings is 2. The first kappa shape index (κ1) is 17.5. The normalized spacial score (nSPS) is 10.6. The number of hydrogen-bond donors (Lipinski definition) is 1. The Morgan fingerprint density at radius 3 is 2.36 bits per heavy atom. The molecule has 1 amide bonds. The molecule has 0 aliphatic rings. The molecule has 2 aromatic carbocycles. The van der Waals surface area contributed by atoms with Crippen LogP contribution in [-0.2, 0) is 0 Å². The van der Waals surface area contributed by atoms with E-state index in [9.17, 15) is 4.79 Å². The number of aromatic nitrogens is 2. The third-order valence-corrected chi connectivity index (χ3v) is 4.19. The van der Waals surface area contributed by atoms with E-state index in [0.717, 1.165) is 5.56 Å². The summed E-state index contributed by atoms with van der Waals surface area (Å²) in [5, 5.41) is 2.86. The van der Waals surface area contributed by atoms with E-state index in [1.165, 1.54) is 14.2 Å². The van der Waals surface area contributed by atoms with E-state index < -0.39 is 0 Å². The number of oxazole rings is 1. The van der Waals surface area contributed by atoms with Gasteiger partial charge in [0.25, 0.3) is 5.91 Å². The van der Waals surface area contributed by atoms with Gasteiger partial charge in [0, 0.05) is 35.3 Å². The largest absolute Gasteiger partial charge is 0.497 e. The van der Waals surface area contributed by atoms with Gasteiger partial charge in [-0.15, -0.1) is 0 Å². The third-order valence-electron chi connectivity index (χ3n) is 4.19. The van der Waals surface area contributed by atoms with Crippen LogP contribution in [0.3, 0.4) is 0 Å². The van der Waals surface area contributed by atoms with E-state index in [-0.39, 0.29) is 5.91 Å². The number of hydrogen-bond acceptors (Lipinski definition) is 6. The van der Waals surface area contributed by atoms with E-state index in [4.69, 9.17) is 13.9 Å². The highest BCUT2D eigenvalue weighted by atomic mass is 16.5. The number of anilines is 1. The van der Waals surface area contributed by atoms with Gasteiger partial charge in [-0.25, -0.2) is 4.98 Å². The minimum atomic E-state index is -0.283.